The van der Waals surface area contributed by atoms with E-state index in [1.807, 2.05) is 0 Å². The molecular weight excluding hydrogens is 386 g/mol. The summed E-state index contributed by atoms with van der Waals surface area (Å²) in [5.74, 6) is -2.90. The molecule has 8 heteroatoms. The van der Waals surface area contributed by atoms with Gasteiger partial charge in [-0.2, -0.15) is 8.78 Å². The maximum Gasteiger partial charge on any atom is 0.573 e. The predicted molar refractivity (Wildman–Crippen MR) is 90.7 cm³/mol. The molecule has 0 bridgehead atoms. The van der Waals surface area contributed by atoms with Gasteiger partial charge in [0.05, 0.1) is 5.92 Å². The monoisotopic (exact) mass is 410 g/mol. The topological polar surface area (TPSA) is 18.5 Å². The van der Waals surface area contributed by atoms with E-state index in [1.54, 1.807) is 0 Å². The van der Waals surface area contributed by atoms with Crippen molar-refractivity contribution in [3.8, 4) is 11.5 Å². The van der Waals surface area contributed by atoms with Gasteiger partial charge in [-0.05, 0) is 49.7 Å². The molecule has 0 amide bonds. The molecule has 0 radical (unpaired) electrons. The molecule has 2 fully saturated rings. The normalized spacial score (nSPS) is 24.8. The molecule has 0 unspecified atom stereocenters. The van der Waals surface area contributed by atoms with Crippen molar-refractivity contribution in [2.45, 2.75) is 70.3 Å². The van der Waals surface area contributed by atoms with Crippen molar-refractivity contribution >= 4 is 0 Å². The van der Waals surface area contributed by atoms with Crippen LogP contribution in [0, 0.1) is 23.6 Å². The second kappa shape index (κ2) is 8.41. The van der Waals surface area contributed by atoms with Gasteiger partial charge in [-0.15, -0.1) is 13.2 Å². The van der Waals surface area contributed by atoms with Gasteiger partial charge in [0.1, 0.15) is 5.75 Å². The van der Waals surface area contributed by atoms with Crippen molar-refractivity contribution in [2.24, 2.45) is 17.8 Å². The van der Waals surface area contributed by atoms with Crippen LogP contribution >= 0.6 is 0 Å². The van der Waals surface area contributed by atoms with Gasteiger partial charge in [-0.1, -0.05) is 32.1 Å². The van der Waals surface area contributed by atoms with Crippen molar-refractivity contribution in [1.29, 1.82) is 0 Å². The number of hydrogen-bond donors (Lipinski definition) is 0. The highest BCUT2D eigenvalue weighted by Crippen LogP contribution is 2.45. The van der Waals surface area contributed by atoms with Gasteiger partial charge in [0.15, 0.2) is 11.6 Å². The minimum absolute atomic E-state index is 0.325. The average molecular weight is 410 g/mol. The average Bonchev–Trinajstić information content (AvgIpc) is 2.64. The Hall–Kier alpha value is -1.60. The van der Waals surface area contributed by atoms with Crippen LogP contribution in [0.25, 0.3) is 0 Å². The summed E-state index contributed by atoms with van der Waals surface area (Å²) >= 11 is 0. The Morgan fingerprint density at radius 3 is 1.93 bits per heavy atom. The molecule has 0 heterocycles. The van der Waals surface area contributed by atoms with Gasteiger partial charge in [0.25, 0.3) is 0 Å². The molecule has 2 aliphatic carbocycles. The fraction of sp³-hybridized carbons (Fsp3) is 0.700. The van der Waals surface area contributed by atoms with Gasteiger partial charge in [-0.3, -0.25) is 0 Å². The van der Waals surface area contributed by atoms with Crippen LogP contribution in [0.5, 0.6) is 11.5 Å². The van der Waals surface area contributed by atoms with Crippen LogP contribution < -0.4 is 9.47 Å². The molecule has 2 saturated carbocycles. The van der Waals surface area contributed by atoms with E-state index in [4.69, 9.17) is 0 Å². The first-order valence-corrected chi connectivity index (χ1v) is 9.76. The van der Waals surface area contributed by atoms with Crippen molar-refractivity contribution in [3.05, 3.63) is 24.0 Å². The zero-order chi connectivity index (χ0) is 20.4. The number of rotatable bonds is 5. The molecular formula is C20H24F6O2. The molecule has 0 N–H and O–H groups in total. The number of ether oxygens (including phenoxy) is 2. The highest BCUT2D eigenvalue weighted by molar-refractivity contribution is 5.33. The molecule has 2 nitrogen and oxygen atoms in total. The van der Waals surface area contributed by atoms with Gasteiger partial charge in [0, 0.05) is 6.07 Å². The standard InChI is InChI=1S/C20H24F6O2/c21-17-12-16(10-11-18(17)28-20(24,25)26)27-19(22,23)15-8-6-14(7-9-15)13-4-2-1-3-5-13/h10-15H,1-9H2. The number of halogens is 6. The Bertz CT molecular complexity index is 647. The Morgan fingerprint density at radius 2 is 1.36 bits per heavy atom. The van der Waals surface area contributed by atoms with Crippen LogP contribution in [0.4, 0.5) is 26.3 Å². The van der Waals surface area contributed by atoms with E-state index >= 15 is 0 Å². The van der Waals surface area contributed by atoms with Crippen molar-refractivity contribution in [3.63, 3.8) is 0 Å². The fourth-order valence-electron chi connectivity index (χ4n) is 4.53. The highest BCUT2D eigenvalue weighted by atomic mass is 19.4. The van der Waals surface area contributed by atoms with Crippen LogP contribution in [-0.4, -0.2) is 12.5 Å². The summed E-state index contributed by atoms with van der Waals surface area (Å²) in [5, 5.41) is 0. The molecule has 1 aromatic rings. The smallest absolute Gasteiger partial charge is 0.432 e. The Balaban J connectivity index is 1.57. The van der Waals surface area contributed by atoms with E-state index in [2.05, 4.69) is 9.47 Å². The first kappa shape index (κ1) is 21.1. The van der Waals surface area contributed by atoms with Crippen LogP contribution in [0.1, 0.15) is 57.8 Å². The Morgan fingerprint density at radius 1 is 0.750 bits per heavy atom. The lowest BCUT2D eigenvalue weighted by Crippen LogP contribution is -2.38. The number of benzene rings is 1. The largest absolute Gasteiger partial charge is 0.573 e. The predicted octanol–water partition coefficient (Wildman–Crippen LogP) is 7.08. The maximum atomic E-state index is 14.5. The highest BCUT2D eigenvalue weighted by Gasteiger charge is 2.45. The van der Waals surface area contributed by atoms with Crippen molar-refractivity contribution < 1.29 is 35.8 Å². The number of hydrogen-bond acceptors (Lipinski definition) is 2. The van der Waals surface area contributed by atoms with Gasteiger partial charge in [-0.25, -0.2) is 4.39 Å². The zero-order valence-corrected chi connectivity index (χ0v) is 15.4. The second-order valence-corrected chi connectivity index (χ2v) is 7.81. The molecule has 0 saturated heterocycles. The van der Waals surface area contributed by atoms with Crippen molar-refractivity contribution in [1.82, 2.24) is 0 Å². The molecule has 0 atom stereocenters. The minimum Gasteiger partial charge on any atom is -0.432 e. The zero-order valence-electron chi connectivity index (χ0n) is 15.4. The van der Waals surface area contributed by atoms with Crippen molar-refractivity contribution in [2.75, 3.05) is 0 Å². The van der Waals surface area contributed by atoms with Crippen LogP contribution in [0.2, 0.25) is 0 Å². The molecule has 28 heavy (non-hydrogen) atoms. The van der Waals surface area contributed by atoms with E-state index in [0.717, 1.165) is 18.9 Å². The third-order valence-electron chi connectivity index (χ3n) is 5.95. The Labute approximate surface area is 160 Å². The molecule has 0 aromatic heterocycles. The maximum absolute atomic E-state index is 14.5. The third kappa shape index (κ3) is 5.47. The van der Waals surface area contributed by atoms with Gasteiger partial charge >= 0.3 is 12.5 Å². The summed E-state index contributed by atoms with van der Waals surface area (Å²) in [6, 6.07) is 1.97. The SMILES string of the molecule is Fc1cc(OC(F)(F)C2CCC(C3CCCCC3)CC2)ccc1OC(F)(F)F. The molecule has 2 aliphatic rings. The Kier molecular flexibility index (Phi) is 6.34. The molecule has 0 aliphatic heterocycles. The van der Waals surface area contributed by atoms with E-state index in [-0.39, 0.29) is 0 Å². The van der Waals surface area contributed by atoms with Crippen LogP contribution in [-0.2, 0) is 0 Å². The summed E-state index contributed by atoms with van der Waals surface area (Å²) in [6.45, 7) is 0. The lowest BCUT2D eigenvalue weighted by Gasteiger charge is -2.37. The lowest BCUT2D eigenvalue weighted by atomic mass is 9.71. The molecule has 3 rings (SSSR count). The first-order valence-electron chi connectivity index (χ1n) is 9.76. The summed E-state index contributed by atoms with van der Waals surface area (Å²) in [4.78, 5) is 0. The fourth-order valence-corrected chi connectivity index (χ4v) is 4.53. The minimum atomic E-state index is -5.07. The molecule has 158 valence electrons. The van der Waals surface area contributed by atoms with E-state index in [1.165, 1.54) is 32.1 Å². The van der Waals surface area contributed by atoms with E-state index in [9.17, 15) is 26.3 Å². The second-order valence-electron chi connectivity index (χ2n) is 7.81. The van der Waals surface area contributed by atoms with Crippen LogP contribution in [0.15, 0.2) is 18.2 Å². The van der Waals surface area contributed by atoms with Gasteiger partial charge < -0.3 is 9.47 Å². The summed E-state index contributed by atoms with van der Waals surface area (Å²) in [5.41, 5.74) is 0. The molecule has 1 aromatic carbocycles. The van der Waals surface area contributed by atoms with Crippen LogP contribution in [0.3, 0.4) is 0 Å². The van der Waals surface area contributed by atoms with E-state index in [0.29, 0.717) is 36.8 Å². The summed E-state index contributed by atoms with van der Waals surface area (Å²) in [7, 11) is 0. The lowest BCUT2D eigenvalue weighted by molar-refractivity contribution is -0.275. The molecule has 0 spiro atoms. The quantitative estimate of drug-likeness (QED) is 0.483. The van der Waals surface area contributed by atoms with E-state index < -0.39 is 35.7 Å². The number of alkyl halides is 5. The third-order valence-corrected chi connectivity index (χ3v) is 5.95. The summed E-state index contributed by atoms with van der Waals surface area (Å²) in [6.07, 6.45) is -0.448. The van der Waals surface area contributed by atoms with Gasteiger partial charge in [0.2, 0.25) is 0 Å². The first-order chi connectivity index (χ1) is 13.1. The summed E-state index contributed by atoms with van der Waals surface area (Å²) < 4.78 is 87.4.